The lowest BCUT2D eigenvalue weighted by Gasteiger charge is -2.27. The number of ether oxygens (including phenoxy) is 2. The van der Waals surface area contributed by atoms with Gasteiger partial charge < -0.3 is 24.4 Å². The van der Waals surface area contributed by atoms with Crippen molar-refractivity contribution < 1.29 is 28.7 Å². The van der Waals surface area contributed by atoms with E-state index in [9.17, 15) is 14.7 Å². The van der Waals surface area contributed by atoms with Crippen LogP contribution in [0.15, 0.2) is 4.52 Å². The van der Waals surface area contributed by atoms with Crippen LogP contribution in [0.3, 0.4) is 0 Å². The average Bonchev–Trinajstić information content (AvgIpc) is 2.92. The third-order valence-corrected chi connectivity index (χ3v) is 2.89. The second kappa shape index (κ2) is 8.09. The fourth-order valence-electron chi connectivity index (χ4n) is 1.84. The van der Waals surface area contributed by atoms with E-state index in [1.165, 1.54) is 0 Å². The van der Waals surface area contributed by atoms with E-state index in [4.69, 9.17) is 14.0 Å². The minimum atomic E-state index is -1.30. The number of carbonyl (C=O) groups is 2. The normalized spacial score (nSPS) is 14.2. The van der Waals surface area contributed by atoms with Gasteiger partial charge in [-0.2, -0.15) is 4.98 Å². The van der Waals surface area contributed by atoms with E-state index in [1.807, 2.05) is 0 Å². The Morgan fingerprint density at radius 3 is 2.46 bits per heavy atom. The molecule has 0 bridgehead atoms. The minimum Gasteiger partial charge on any atom is -0.460 e. The molecule has 0 fully saturated rings. The first-order chi connectivity index (χ1) is 11.0. The summed E-state index contributed by atoms with van der Waals surface area (Å²) in [5, 5.41) is 16.5. The first-order valence-electron chi connectivity index (χ1n) is 7.73. The van der Waals surface area contributed by atoms with Gasteiger partial charge in [0.25, 0.3) is 11.7 Å². The topological polar surface area (TPSA) is 124 Å². The summed E-state index contributed by atoms with van der Waals surface area (Å²) in [6, 6.07) is -0.740. The Labute approximate surface area is 140 Å². The van der Waals surface area contributed by atoms with Gasteiger partial charge in [0.1, 0.15) is 5.60 Å². The highest BCUT2D eigenvalue weighted by atomic mass is 16.6. The number of carbonyl (C=O) groups excluding carboxylic acids is 2. The van der Waals surface area contributed by atoms with Gasteiger partial charge in [-0.15, -0.1) is 0 Å². The molecule has 9 heteroatoms. The number of hydrogen-bond acceptors (Lipinski definition) is 8. The molecular formula is C15H25N3O6. The maximum atomic E-state index is 11.9. The van der Waals surface area contributed by atoms with Gasteiger partial charge >= 0.3 is 12.1 Å². The van der Waals surface area contributed by atoms with Crippen LogP contribution in [0.2, 0.25) is 0 Å². The van der Waals surface area contributed by atoms with Gasteiger partial charge in [-0.1, -0.05) is 13.8 Å². The van der Waals surface area contributed by atoms with Crippen LogP contribution in [0.1, 0.15) is 64.2 Å². The van der Waals surface area contributed by atoms with Crippen molar-refractivity contribution in [2.45, 2.75) is 59.3 Å². The summed E-state index contributed by atoms with van der Waals surface area (Å²) < 4.78 is 14.8. The molecule has 0 aliphatic heterocycles. The monoisotopic (exact) mass is 343 g/mol. The van der Waals surface area contributed by atoms with Crippen LogP contribution >= 0.6 is 0 Å². The summed E-state index contributed by atoms with van der Waals surface area (Å²) in [6.07, 6.45) is -1.97. The van der Waals surface area contributed by atoms with Crippen molar-refractivity contribution in [3.8, 4) is 0 Å². The van der Waals surface area contributed by atoms with E-state index < -0.39 is 29.8 Å². The molecule has 0 radical (unpaired) electrons. The first kappa shape index (κ1) is 19.9. The molecule has 0 aliphatic rings. The van der Waals surface area contributed by atoms with Gasteiger partial charge in [-0.05, 0) is 38.8 Å². The van der Waals surface area contributed by atoms with Crippen LogP contribution in [0.25, 0.3) is 0 Å². The third kappa shape index (κ3) is 5.80. The number of aromatic nitrogens is 2. The lowest BCUT2D eigenvalue weighted by Crippen LogP contribution is -2.45. The molecule has 9 nitrogen and oxygen atoms in total. The summed E-state index contributed by atoms with van der Waals surface area (Å²) in [6.45, 7) is 10.6. The summed E-state index contributed by atoms with van der Waals surface area (Å²) in [5.74, 6) is -1.38. The molecule has 0 saturated heterocycles. The lowest BCUT2D eigenvalue weighted by molar-refractivity contribution is 0.0315. The van der Waals surface area contributed by atoms with Gasteiger partial charge in [0, 0.05) is 0 Å². The standard InChI is InChI=1S/C15H25N3O6/c1-7-22-13(20)11-17-12(24-18-11)10(19)9(8(2)3)16-14(21)23-15(4,5)6/h8-10,19H,7H2,1-6H3,(H,16,21). The molecule has 0 spiro atoms. The van der Waals surface area contributed by atoms with E-state index in [0.29, 0.717) is 0 Å². The minimum absolute atomic E-state index is 0.162. The second-order valence-corrected chi connectivity index (χ2v) is 6.54. The van der Waals surface area contributed by atoms with Crippen molar-refractivity contribution in [3.63, 3.8) is 0 Å². The molecule has 1 rings (SSSR count). The summed E-state index contributed by atoms with van der Waals surface area (Å²) in [7, 11) is 0. The largest absolute Gasteiger partial charge is 0.460 e. The smallest absolute Gasteiger partial charge is 0.407 e. The van der Waals surface area contributed by atoms with Crippen molar-refractivity contribution in [2.24, 2.45) is 5.92 Å². The molecule has 1 aromatic heterocycles. The molecule has 2 unspecified atom stereocenters. The number of nitrogens with one attached hydrogen (secondary N) is 1. The van der Waals surface area contributed by atoms with Gasteiger partial charge in [0.2, 0.25) is 0 Å². The zero-order chi connectivity index (χ0) is 18.5. The highest BCUT2D eigenvalue weighted by Crippen LogP contribution is 2.21. The van der Waals surface area contributed by atoms with Crippen molar-refractivity contribution in [1.82, 2.24) is 15.5 Å². The van der Waals surface area contributed by atoms with Crippen LogP contribution in [0.4, 0.5) is 4.79 Å². The second-order valence-electron chi connectivity index (χ2n) is 6.54. The van der Waals surface area contributed by atoms with Crippen molar-refractivity contribution in [2.75, 3.05) is 6.61 Å². The van der Waals surface area contributed by atoms with Crippen molar-refractivity contribution in [1.29, 1.82) is 0 Å². The number of aliphatic hydroxyl groups is 1. The molecule has 1 aromatic rings. The lowest BCUT2D eigenvalue weighted by atomic mass is 9.98. The van der Waals surface area contributed by atoms with Crippen molar-refractivity contribution in [3.05, 3.63) is 11.7 Å². The van der Waals surface area contributed by atoms with E-state index in [-0.39, 0.29) is 24.2 Å². The Morgan fingerprint density at radius 1 is 1.33 bits per heavy atom. The molecule has 24 heavy (non-hydrogen) atoms. The molecular weight excluding hydrogens is 318 g/mol. The molecule has 2 atom stereocenters. The quantitative estimate of drug-likeness (QED) is 0.750. The van der Waals surface area contributed by atoms with E-state index in [0.717, 1.165) is 0 Å². The number of nitrogens with zero attached hydrogens (tertiary/aromatic N) is 2. The maximum absolute atomic E-state index is 11.9. The Hall–Kier alpha value is -2.16. The number of amides is 1. The van der Waals surface area contributed by atoms with Crippen LogP contribution in [-0.4, -0.2) is 45.6 Å². The van der Waals surface area contributed by atoms with E-state index in [2.05, 4.69) is 15.5 Å². The predicted molar refractivity (Wildman–Crippen MR) is 83.2 cm³/mol. The Bertz CT molecular complexity index is 564. The first-order valence-corrected chi connectivity index (χ1v) is 7.73. The predicted octanol–water partition coefficient (Wildman–Crippen LogP) is 1.83. The number of rotatable bonds is 6. The molecule has 136 valence electrons. The summed E-state index contributed by atoms with van der Waals surface area (Å²) in [4.78, 5) is 27.3. The fourth-order valence-corrected chi connectivity index (χ4v) is 1.84. The molecule has 0 aliphatic carbocycles. The fraction of sp³-hybridized carbons (Fsp3) is 0.733. The van der Waals surface area contributed by atoms with Crippen LogP contribution in [0.5, 0.6) is 0 Å². The van der Waals surface area contributed by atoms with Crippen LogP contribution in [0, 0.1) is 5.92 Å². The maximum Gasteiger partial charge on any atom is 0.407 e. The van der Waals surface area contributed by atoms with Gasteiger partial charge in [-0.25, -0.2) is 9.59 Å². The van der Waals surface area contributed by atoms with Crippen molar-refractivity contribution >= 4 is 12.1 Å². The Balaban J connectivity index is 2.85. The summed E-state index contributed by atoms with van der Waals surface area (Å²) >= 11 is 0. The molecule has 0 saturated carbocycles. The van der Waals surface area contributed by atoms with Crippen LogP contribution < -0.4 is 5.32 Å². The number of hydrogen-bond donors (Lipinski definition) is 2. The zero-order valence-electron chi connectivity index (χ0n) is 14.8. The highest BCUT2D eigenvalue weighted by molar-refractivity contribution is 5.84. The Kier molecular flexibility index (Phi) is 6.70. The molecule has 0 aromatic carbocycles. The third-order valence-electron chi connectivity index (χ3n) is 2.89. The van der Waals surface area contributed by atoms with Gasteiger partial charge in [-0.3, -0.25) is 0 Å². The van der Waals surface area contributed by atoms with Gasteiger partial charge in [0.05, 0.1) is 12.6 Å². The summed E-state index contributed by atoms with van der Waals surface area (Å²) in [5.41, 5.74) is -0.669. The molecule has 2 N–H and O–H groups in total. The van der Waals surface area contributed by atoms with Gasteiger partial charge in [0.15, 0.2) is 6.10 Å². The van der Waals surface area contributed by atoms with Crippen LogP contribution in [-0.2, 0) is 9.47 Å². The number of esters is 1. The average molecular weight is 343 g/mol. The molecule has 1 amide bonds. The molecule has 1 heterocycles. The Morgan fingerprint density at radius 2 is 1.96 bits per heavy atom. The highest BCUT2D eigenvalue weighted by Gasteiger charge is 2.32. The zero-order valence-corrected chi connectivity index (χ0v) is 14.8. The van der Waals surface area contributed by atoms with E-state index in [1.54, 1.807) is 41.5 Å². The number of aliphatic hydroxyl groups excluding tert-OH is 1. The van der Waals surface area contributed by atoms with E-state index >= 15 is 0 Å². The SMILES string of the molecule is CCOC(=O)c1noc(C(O)C(NC(=O)OC(C)(C)C)C(C)C)n1. The number of alkyl carbamates (subject to hydrolysis) is 1.